The number of aromatic nitrogens is 3. The third-order valence-electron chi connectivity index (χ3n) is 11.8. The molecule has 9 nitrogen and oxygen atoms in total. The predicted molar refractivity (Wildman–Crippen MR) is 191 cm³/mol. The van der Waals surface area contributed by atoms with Crippen molar-refractivity contribution in [1.82, 2.24) is 23.9 Å². The van der Waals surface area contributed by atoms with E-state index in [0.29, 0.717) is 35.5 Å². The Morgan fingerprint density at radius 2 is 1.76 bits per heavy atom. The van der Waals surface area contributed by atoms with E-state index >= 15 is 0 Å². The van der Waals surface area contributed by atoms with Crippen molar-refractivity contribution in [3.8, 4) is 17.3 Å². The zero-order valence-corrected chi connectivity index (χ0v) is 28.3. The number of amides is 2. The van der Waals surface area contributed by atoms with Gasteiger partial charge in [-0.05, 0) is 73.3 Å². The number of nitrogens with two attached hydrogens (primary N) is 1. The summed E-state index contributed by atoms with van der Waals surface area (Å²) in [5.41, 5.74) is 13.5. The van der Waals surface area contributed by atoms with Gasteiger partial charge < -0.3 is 29.4 Å². The molecule has 2 saturated carbocycles. The second-order valence-corrected chi connectivity index (χ2v) is 14.8. The number of rotatable bonds is 9. The molecule has 2 aliphatic heterocycles. The van der Waals surface area contributed by atoms with Gasteiger partial charge in [0.15, 0.2) is 5.82 Å². The first-order valence-corrected chi connectivity index (χ1v) is 17.9. The Balaban J connectivity index is 1.04. The molecule has 2 saturated heterocycles. The Morgan fingerprint density at radius 3 is 2.47 bits per heavy atom. The molecule has 2 amide bonds. The quantitative estimate of drug-likeness (QED) is 0.219. The second kappa shape index (κ2) is 11.8. The number of aryl methyl sites for hydroxylation is 2. The molecule has 4 fully saturated rings. The third kappa shape index (κ3) is 5.12. The molecule has 2 N–H and O–H groups in total. The molecule has 0 radical (unpaired) electrons. The van der Waals surface area contributed by atoms with Crippen LogP contribution in [0.25, 0.3) is 33.5 Å². The summed E-state index contributed by atoms with van der Waals surface area (Å²) < 4.78 is 10.5. The Labute approximate surface area is 286 Å². The fourth-order valence-corrected chi connectivity index (χ4v) is 8.82. The Kier molecular flexibility index (Phi) is 7.30. The lowest BCUT2D eigenvalue weighted by Crippen LogP contribution is -2.48. The highest BCUT2D eigenvalue weighted by Gasteiger charge is 2.47. The number of para-hydroxylation sites is 1. The van der Waals surface area contributed by atoms with Crippen LogP contribution >= 0.6 is 0 Å². The van der Waals surface area contributed by atoms with Crippen molar-refractivity contribution < 1.29 is 14.3 Å². The van der Waals surface area contributed by atoms with Gasteiger partial charge in [-0.2, -0.15) is 0 Å². The van der Waals surface area contributed by atoms with Crippen molar-refractivity contribution in [2.75, 3.05) is 26.7 Å². The first-order chi connectivity index (χ1) is 23.9. The van der Waals surface area contributed by atoms with E-state index in [1.807, 2.05) is 47.2 Å². The number of nitrogens with zero attached hydrogens (tertiary/aromatic N) is 5. The predicted octanol–water partition coefficient (Wildman–Crippen LogP) is 5.73. The summed E-state index contributed by atoms with van der Waals surface area (Å²) in [6.07, 6.45) is 5.86. The van der Waals surface area contributed by atoms with Crippen LogP contribution in [0, 0.1) is 11.8 Å². The average molecular weight is 657 g/mol. The topological polar surface area (TPSA) is 98.6 Å². The minimum Gasteiger partial charge on any atom is -0.494 e. The van der Waals surface area contributed by atoms with Crippen molar-refractivity contribution in [3.63, 3.8) is 0 Å². The molecular formula is C40H44N6O3. The maximum Gasteiger partial charge on any atom is 0.254 e. The van der Waals surface area contributed by atoms with Gasteiger partial charge in [-0.1, -0.05) is 48.5 Å². The third-order valence-corrected chi connectivity index (χ3v) is 11.8. The van der Waals surface area contributed by atoms with E-state index in [1.165, 1.54) is 34.9 Å². The number of methoxy groups -OCH3 is 1. The summed E-state index contributed by atoms with van der Waals surface area (Å²) in [4.78, 5) is 36.1. The fraction of sp³-hybridized carbons (Fsp3) is 0.425. The van der Waals surface area contributed by atoms with Crippen molar-refractivity contribution in [1.29, 1.82) is 0 Å². The van der Waals surface area contributed by atoms with Crippen LogP contribution in [0.2, 0.25) is 0 Å². The number of ether oxygens (including phenoxy) is 1. The first-order valence-electron chi connectivity index (χ1n) is 17.9. The van der Waals surface area contributed by atoms with Crippen LogP contribution in [0.15, 0.2) is 66.7 Å². The van der Waals surface area contributed by atoms with E-state index < -0.39 is 0 Å². The molecule has 49 heavy (non-hydrogen) atoms. The van der Waals surface area contributed by atoms with Crippen LogP contribution < -0.4 is 10.5 Å². The smallest absolute Gasteiger partial charge is 0.254 e. The molecule has 9 heteroatoms. The van der Waals surface area contributed by atoms with E-state index in [2.05, 4.69) is 45.5 Å². The van der Waals surface area contributed by atoms with Crippen LogP contribution in [-0.2, 0) is 24.8 Å². The minimum absolute atomic E-state index is 0.00984. The summed E-state index contributed by atoms with van der Waals surface area (Å²) in [6, 6.07) is 23.1. The molecule has 252 valence electrons. The lowest BCUT2D eigenvalue weighted by atomic mass is 9.89. The molecular weight excluding hydrogens is 612 g/mol. The number of likely N-dealkylation sites (tertiary alicyclic amines) is 2. The normalized spacial score (nSPS) is 22.0. The molecule has 3 aromatic carbocycles. The van der Waals surface area contributed by atoms with Crippen molar-refractivity contribution in [2.45, 2.75) is 63.1 Å². The Morgan fingerprint density at radius 1 is 0.939 bits per heavy atom. The molecule has 9 rings (SSSR count). The first kappa shape index (κ1) is 30.4. The Hall–Kier alpha value is -4.63. The molecule has 0 unspecified atom stereocenters. The highest BCUT2D eigenvalue weighted by Crippen LogP contribution is 2.42. The number of piperidine rings is 1. The van der Waals surface area contributed by atoms with Gasteiger partial charge in [-0.15, -0.1) is 0 Å². The van der Waals surface area contributed by atoms with Gasteiger partial charge in [0.1, 0.15) is 11.3 Å². The van der Waals surface area contributed by atoms with Gasteiger partial charge in [0.25, 0.3) is 5.91 Å². The lowest BCUT2D eigenvalue weighted by molar-refractivity contribution is -0.135. The van der Waals surface area contributed by atoms with Crippen LogP contribution in [0.3, 0.4) is 0 Å². The van der Waals surface area contributed by atoms with Crippen molar-refractivity contribution >= 4 is 33.8 Å². The van der Waals surface area contributed by atoms with Crippen LogP contribution in [0.4, 0.5) is 0 Å². The van der Waals surface area contributed by atoms with E-state index in [0.717, 1.165) is 68.0 Å². The Bertz CT molecular complexity index is 2090. The van der Waals surface area contributed by atoms with Gasteiger partial charge in [-0.25, -0.2) is 4.98 Å². The molecule has 2 aromatic heterocycles. The fourth-order valence-electron chi connectivity index (χ4n) is 8.82. The summed E-state index contributed by atoms with van der Waals surface area (Å²) in [5, 5.41) is 1.19. The van der Waals surface area contributed by atoms with Crippen molar-refractivity contribution in [2.24, 2.45) is 24.6 Å². The van der Waals surface area contributed by atoms with E-state index in [4.69, 9.17) is 15.5 Å². The monoisotopic (exact) mass is 656 g/mol. The number of hydrogen-bond donors (Lipinski definition) is 1. The van der Waals surface area contributed by atoms with Gasteiger partial charge in [0.2, 0.25) is 5.91 Å². The van der Waals surface area contributed by atoms with Gasteiger partial charge in [0, 0.05) is 68.6 Å². The zero-order chi connectivity index (χ0) is 33.4. The standard InChI is InChI=1S/C40H44N6O3/c1-43-38-31(17-28(19-34(38)49-2)40(48)46-23-27-14-15-32(46)36(27)41)42-39(43)33-18-26-9-6-10-30(37(26)45(33)20-25-11-12-25)29-21-44(22-29)35(47)16-13-24-7-4-3-5-8-24/h3-10,17-19,25,27,29,32,36H,11-16,20-23,41H2,1-2H3/t27-,32-,36-/m1/s1. The molecule has 2 aliphatic carbocycles. The number of benzene rings is 3. The second-order valence-electron chi connectivity index (χ2n) is 14.8. The molecule has 3 atom stereocenters. The maximum absolute atomic E-state index is 13.8. The van der Waals surface area contributed by atoms with Crippen molar-refractivity contribution in [3.05, 3.63) is 83.4 Å². The average Bonchev–Trinajstić information content (AvgIpc) is 3.48. The van der Waals surface area contributed by atoms with Crippen LogP contribution in [0.5, 0.6) is 5.75 Å². The zero-order valence-electron chi connectivity index (χ0n) is 28.3. The number of carbonyl (C=O) groups excluding carboxylic acids is 2. The molecule has 2 bridgehead atoms. The van der Waals surface area contributed by atoms with Crippen LogP contribution in [0.1, 0.15) is 59.5 Å². The number of fused-ring (bicyclic) bond motifs is 4. The highest BCUT2D eigenvalue weighted by molar-refractivity contribution is 6.00. The highest BCUT2D eigenvalue weighted by atomic mass is 16.5. The van der Waals surface area contributed by atoms with Gasteiger partial charge in [-0.3, -0.25) is 9.59 Å². The maximum atomic E-state index is 13.8. The summed E-state index contributed by atoms with van der Waals surface area (Å²) in [7, 11) is 3.70. The van der Waals surface area contributed by atoms with E-state index in [-0.39, 0.29) is 23.9 Å². The molecule has 4 heterocycles. The minimum atomic E-state index is 0.00984. The van der Waals surface area contributed by atoms with Crippen LogP contribution in [-0.4, -0.2) is 74.6 Å². The SMILES string of the molecule is COc1cc(C(=O)N2C[C@H]3CC[C@@H]2[C@@H]3N)cc2nc(-c3cc4cccc(C5CN(C(=O)CCc6ccccc6)C5)c4n3CC3CC3)n(C)c12. The molecule has 5 aromatic rings. The largest absolute Gasteiger partial charge is 0.494 e. The van der Waals surface area contributed by atoms with E-state index in [1.54, 1.807) is 7.11 Å². The summed E-state index contributed by atoms with van der Waals surface area (Å²) in [5.74, 6) is 3.08. The molecule has 4 aliphatic rings. The summed E-state index contributed by atoms with van der Waals surface area (Å²) in [6.45, 7) is 3.16. The molecule has 0 spiro atoms. The summed E-state index contributed by atoms with van der Waals surface area (Å²) >= 11 is 0. The van der Waals surface area contributed by atoms with Gasteiger partial charge in [0.05, 0.1) is 23.8 Å². The van der Waals surface area contributed by atoms with E-state index in [9.17, 15) is 9.59 Å². The lowest BCUT2D eigenvalue weighted by Gasteiger charge is -2.40. The number of imidazole rings is 1. The number of carbonyl (C=O) groups is 2. The van der Waals surface area contributed by atoms with Gasteiger partial charge >= 0.3 is 0 Å². The number of hydrogen-bond acceptors (Lipinski definition) is 5.